The highest BCUT2D eigenvalue weighted by molar-refractivity contribution is 7.13. The second-order valence-electron chi connectivity index (χ2n) is 4.19. The van der Waals surface area contributed by atoms with E-state index in [9.17, 15) is 0 Å². The fourth-order valence-electron chi connectivity index (χ4n) is 2.22. The Bertz CT molecular complexity index is 825. The minimum atomic E-state index is 0.900. The molecule has 0 aliphatic carbocycles. The summed E-state index contributed by atoms with van der Waals surface area (Å²) in [4.78, 5) is 1.24. The molecule has 0 saturated heterocycles. The van der Waals surface area contributed by atoms with Gasteiger partial charge in [0.25, 0.3) is 0 Å². The predicted octanol–water partition coefficient (Wildman–Crippen LogP) is 5.11. The van der Waals surface area contributed by atoms with Gasteiger partial charge in [0, 0.05) is 27.3 Å². The van der Waals surface area contributed by atoms with Crippen molar-refractivity contribution in [2.75, 3.05) is 0 Å². The second kappa shape index (κ2) is 3.72. The van der Waals surface area contributed by atoms with Crippen molar-refractivity contribution >= 4 is 33.3 Å². The molecule has 1 nitrogen and oxygen atoms in total. The van der Waals surface area contributed by atoms with Gasteiger partial charge < -0.3 is 4.42 Å². The normalized spacial score (nSPS) is 11.3. The molecule has 85 valence electrons. The Hall–Kier alpha value is -2.06. The average molecular weight is 249 g/mol. The molecule has 0 aliphatic heterocycles. The molecule has 18 heavy (non-hydrogen) atoms. The average Bonchev–Trinajstić information content (AvgIpc) is 3.05. The molecule has 0 atom stereocenters. The van der Waals surface area contributed by atoms with Gasteiger partial charge >= 0.3 is 0 Å². The molecule has 2 aromatic heterocycles. The van der Waals surface area contributed by atoms with E-state index in [1.807, 2.05) is 24.3 Å². The Balaban J connectivity index is 2.07. The molecule has 0 saturated carbocycles. The second-order valence-corrected chi connectivity index (χ2v) is 5.13. The lowest BCUT2D eigenvalue weighted by atomic mass is 10.1. The van der Waals surface area contributed by atoms with Crippen LogP contribution in [-0.2, 0) is 0 Å². The first-order valence-electron chi connectivity index (χ1n) is 5.79. The van der Waals surface area contributed by atoms with E-state index in [-0.39, 0.29) is 0 Å². The van der Waals surface area contributed by atoms with Gasteiger partial charge in [-0.3, -0.25) is 0 Å². The summed E-state index contributed by atoms with van der Waals surface area (Å²) in [5, 5.41) is 4.28. The number of benzene rings is 2. The molecular formula is C16H9OS. The molecule has 4 aromatic rings. The van der Waals surface area contributed by atoms with Gasteiger partial charge in [0.15, 0.2) is 0 Å². The molecule has 0 fully saturated rings. The summed E-state index contributed by atoms with van der Waals surface area (Å²) >= 11 is 1.73. The molecule has 0 amide bonds. The van der Waals surface area contributed by atoms with Gasteiger partial charge in [0.05, 0.1) is 0 Å². The molecule has 0 aliphatic rings. The van der Waals surface area contributed by atoms with Gasteiger partial charge in [-0.05, 0) is 29.6 Å². The lowest BCUT2D eigenvalue weighted by molar-refractivity contribution is 0.669. The van der Waals surface area contributed by atoms with Crippen molar-refractivity contribution in [2.24, 2.45) is 0 Å². The number of hydrogen-bond donors (Lipinski definition) is 0. The lowest BCUT2D eigenvalue weighted by Gasteiger charge is -1.96. The van der Waals surface area contributed by atoms with Crippen molar-refractivity contribution in [3.63, 3.8) is 0 Å². The summed E-state index contributed by atoms with van der Waals surface area (Å²) in [6, 6.07) is 19.8. The van der Waals surface area contributed by atoms with E-state index >= 15 is 0 Å². The highest BCUT2D eigenvalue weighted by Gasteiger charge is 2.08. The molecule has 2 aromatic carbocycles. The third kappa shape index (κ3) is 1.39. The fraction of sp³-hybridized carbons (Fsp3) is 0. The molecule has 2 heterocycles. The first-order chi connectivity index (χ1) is 8.92. The number of hydrogen-bond acceptors (Lipinski definition) is 2. The van der Waals surface area contributed by atoms with Crippen molar-refractivity contribution in [3.05, 3.63) is 60.0 Å². The van der Waals surface area contributed by atoms with Crippen LogP contribution in [0.25, 0.3) is 32.4 Å². The van der Waals surface area contributed by atoms with Crippen molar-refractivity contribution in [2.45, 2.75) is 0 Å². The number of furan rings is 1. The first-order valence-corrected chi connectivity index (χ1v) is 6.67. The van der Waals surface area contributed by atoms with Crippen LogP contribution in [0.1, 0.15) is 0 Å². The van der Waals surface area contributed by atoms with Crippen LogP contribution in [0.3, 0.4) is 0 Å². The highest BCUT2D eigenvalue weighted by atomic mass is 32.1. The summed E-state index contributed by atoms with van der Waals surface area (Å²) < 4.78 is 5.80. The Morgan fingerprint density at radius 1 is 0.889 bits per heavy atom. The van der Waals surface area contributed by atoms with Gasteiger partial charge in [0.2, 0.25) is 0 Å². The van der Waals surface area contributed by atoms with E-state index in [0.29, 0.717) is 0 Å². The van der Waals surface area contributed by atoms with Crippen LogP contribution in [0.2, 0.25) is 0 Å². The largest absolute Gasteiger partial charge is 0.456 e. The SMILES string of the molecule is [c]1c(-c2cccs2)ccc2oc3ccccc3c12. The molecule has 2 heteroatoms. The Morgan fingerprint density at radius 3 is 2.72 bits per heavy atom. The van der Waals surface area contributed by atoms with E-state index in [0.717, 1.165) is 27.5 Å². The lowest BCUT2D eigenvalue weighted by Crippen LogP contribution is -1.73. The molecular weight excluding hydrogens is 240 g/mol. The summed E-state index contributed by atoms with van der Waals surface area (Å²) in [5.74, 6) is 0. The van der Waals surface area contributed by atoms with Crippen LogP contribution in [0, 0.1) is 6.07 Å². The molecule has 0 spiro atoms. The monoisotopic (exact) mass is 249 g/mol. The number of fused-ring (bicyclic) bond motifs is 3. The minimum absolute atomic E-state index is 0.900. The maximum Gasteiger partial charge on any atom is 0.136 e. The van der Waals surface area contributed by atoms with Gasteiger partial charge in [-0.1, -0.05) is 24.3 Å². The van der Waals surface area contributed by atoms with Crippen LogP contribution < -0.4 is 0 Å². The van der Waals surface area contributed by atoms with E-state index in [4.69, 9.17) is 4.42 Å². The zero-order valence-electron chi connectivity index (χ0n) is 9.51. The van der Waals surface area contributed by atoms with Gasteiger partial charge in [-0.15, -0.1) is 11.3 Å². The summed E-state index contributed by atoms with van der Waals surface area (Å²) in [7, 11) is 0. The van der Waals surface area contributed by atoms with Crippen LogP contribution in [0.15, 0.2) is 58.3 Å². The van der Waals surface area contributed by atoms with Crippen molar-refractivity contribution in [3.8, 4) is 10.4 Å². The number of para-hydroxylation sites is 1. The summed E-state index contributed by atoms with van der Waals surface area (Å²) in [5.41, 5.74) is 2.95. The smallest absolute Gasteiger partial charge is 0.136 e. The van der Waals surface area contributed by atoms with Gasteiger partial charge in [-0.25, -0.2) is 0 Å². The topological polar surface area (TPSA) is 13.1 Å². The zero-order valence-corrected chi connectivity index (χ0v) is 10.3. The van der Waals surface area contributed by atoms with Crippen LogP contribution in [-0.4, -0.2) is 0 Å². The van der Waals surface area contributed by atoms with E-state index in [1.54, 1.807) is 11.3 Å². The molecule has 4 rings (SSSR count). The number of rotatable bonds is 1. The Morgan fingerprint density at radius 2 is 1.83 bits per heavy atom. The first kappa shape index (κ1) is 9.92. The molecule has 0 bridgehead atoms. The molecule has 0 unspecified atom stereocenters. The van der Waals surface area contributed by atoms with Crippen molar-refractivity contribution in [1.82, 2.24) is 0 Å². The number of thiophene rings is 1. The maximum absolute atomic E-state index is 5.80. The molecule has 0 N–H and O–H groups in total. The summed E-state index contributed by atoms with van der Waals surface area (Å²) in [6.07, 6.45) is 0. The van der Waals surface area contributed by atoms with E-state index in [2.05, 4.69) is 35.7 Å². The fourth-order valence-corrected chi connectivity index (χ4v) is 2.93. The van der Waals surface area contributed by atoms with E-state index in [1.165, 1.54) is 4.88 Å². The third-order valence-electron chi connectivity index (χ3n) is 3.07. The minimum Gasteiger partial charge on any atom is -0.456 e. The Labute approximate surface area is 108 Å². The van der Waals surface area contributed by atoms with Gasteiger partial charge in [-0.2, -0.15) is 0 Å². The maximum atomic E-state index is 5.80. The zero-order chi connectivity index (χ0) is 11.9. The van der Waals surface area contributed by atoms with Gasteiger partial charge in [0.1, 0.15) is 11.2 Å². The predicted molar refractivity (Wildman–Crippen MR) is 75.9 cm³/mol. The third-order valence-corrected chi connectivity index (χ3v) is 3.97. The van der Waals surface area contributed by atoms with Crippen LogP contribution in [0.4, 0.5) is 0 Å². The van der Waals surface area contributed by atoms with Crippen molar-refractivity contribution < 1.29 is 4.42 Å². The Kier molecular flexibility index (Phi) is 2.05. The quantitative estimate of drug-likeness (QED) is 0.456. The molecule has 1 radical (unpaired) electrons. The van der Waals surface area contributed by atoms with Crippen molar-refractivity contribution in [1.29, 1.82) is 0 Å². The van der Waals surface area contributed by atoms with Crippen LogP contribution in [0.5, 0.6) is 0 Å². The standard InChI is InChI=1S/C16H9OS/c1-2-5-14-12(4-1)13-10-11(7-8-15(13)17-14)16-6-3-9-18-16/h1-9H. The van der Waals surface area contributed by atoms with Crippen LogP contribution >= 0.6 is 11.3 Å². The highest BCUT2D eigenvalue weighted by Crippen LogP contribution is 2.32. The summed E-state index contributed by atoms with van der Waals surface area (Å²) in [6.45, 7) is 0. The van der Waals surface area contributed by atoms with E-state index < -0.39 is 0 Å².